The molecule has 2 aromatic rings. The lowest BCUT2D eigenvalue weighted by Gasteiger charge is -2.19. The van der Waals surface area contributed by atoms with Gasteiger partial charge in [-0.2, -0.15) is 0 Å². The first kappa shape index (κ1) is 17.1. The molecule has 0 N–H and O–H groups in total. The summed E-state index contributed by atoms with van der Waals surface area (Å²) in [5.41, 5.74) is 1.60. The molecule has 0 spiro atoms. The molecular formula is C17H20N2O3S. The molecule has 2 rings (SSSR count). The minimum absolute atomic E-state index is 0.0296. The van der Waals surface area contributed by atoms with Crippen LogP contribution in [0.4, 0.5) is 5.13 Å². The molecule has 1 heterocycles. The standard InChI is InChI=1S/C17H20N2O3S/c1-4-14(20)19(11-13-9-7-6-8-10-13)17-18-12(3)15(23-17)16(21)22-5-2/h6-10H,4-5,11H2,1-3H3. The summed E-state index contributed by atoms with van der Waals surface area (Å²) in [4.78, 5) is 30.7. The van der Waals surface area contributed by atoms with Crippen molar-refractivity contribution in [3.8, 4) is 0 Å². The van der Waals surface area contributed by atoms with Crippen LogP contribution in [0.1, 0.15) is 41.2 Å². The Morgan fingerprint density at radius 1 is 1.22 bits per heavy atom. The van der Waals surface area contributed by atoms with Crippen LogP contribution >= 0.6 is 11.3 Å². The third-order valence-electron chi connectivity index (χ3n) is 3.26. The van der Waals surface area contributed by atoms with Gasteiger partial charge in [0.15, 0.2) is 5.13 Å². The average Bonchev–Trinajstić information content (AvgIpc) is 2.94. The molecule has 1 aromatic carbocycles. The molecule has 0 unspecified atom stereocenters. The molecule has 1 amide bonds. The Hall–Kier alpha value is -2.21. The Morgan fingerprint density at radius 2 is 1.91 bits per heavy atom. The quantitative estimate of drug-likeness (QED) is 0.759. The van der Waals surface area contributed by atoms with Crippen LogP contribution in [0.15, 0.2) is 30.3 Å². The van der Waals surface area contributed by atoms with E-state index in [1.807, 2.05) is 37.3 Å². The summed E-state index contributed by atoms with van der Waals surface area (Å²) in [5, 5.41) is 0.529. The molecule has 5 nitrogen and oxygen atoms in total. The number of nitrogens with zero attached hydrogens (tertiary/aromatic N) is 2. The lowest BCUT2D eigenvalue weighted by Crippen LogP contribution is -2.29. The number of ether oxygens (including phenoxy) is 1. The second-order valence-corrected chi connectivity index (χ2v) is 5.93. The number of aromatic nitrogens is 1. The van der Waals surface area contributed by atoms with Crippen LogP contribution in [-0.4, -0.2) is 23.5 Å². The molecule has 0 aliphatic carbocycles. The summed E-state index contributed by atoms with van der Waals surface area (Å²) in [6, 6.07) is 9.72. The third-order valence-corrected chi connectivity index (χ3v) is 4.42. The minimum atomic E-state index is -0.391. The zero-order valence-corrected chi connectivity index (χ0v) is 14.4. The zero-order valence-electron chi connectivity index (χ0n) is 13.5. The molecule has 0 radical (unpaired) electrons. The molecule has 0 atom stereocenters. The first-order chi connectivity index (χ1) is 11.1. The Kier molecular flexibility index (Phi) is 5.87. The van der Waals surface area contributed by atoms with Crippen molar-refractivity contribution in [2.24, 2.45) is 0 Å². The number of benzene rings is 1. The number of aryl methyl sites for hydroxylation is 1. The lowest BCUT2D eigenvalue weighted by molar-refractivity contribution is -0.118. The molecule has 0 aliphatic rings. The van der Waals surface area contributed by atoms with Gasteiger partial charge >= 0.3 is 5.97 Å². The lowest BCUT2D eigenvalue weighted by atomic mass is 10.2. The van der Waals surface area contributed by atoms with Crippen LogP contribution in [0.2, 0.25) is 0 Å². The Labute approximate surface area is 139 Å². The van der Waals surface area contributed by atoms with Crippen molar-refractivity contribution in [3.63, 3.8) is 0 Å². The molecule has 0 bridgehead atoms. The molecule has 23 heavy (non-hydrogen) atoms. The second-order valence-electron chi connectivity index (χ2n) is 4.95. The molecule has 0 saturated carbocycles. The maximum absolute atomic E-state index is 12.3. The Bertz CT molecular complexity index is 682. The number of carbonyl (C=O) groups excluding carboxylic acids is 2. The average molecular weight is 332 g/mol. The second kappa shape index (κ2) is 7.87. The van der Waals surface area contributed by atoms with Crippen LogP contribution in [0.3, 0.4) is 0 Å². The highest BCUT2D eigenvalue weighted by Crippen LogP contribution is 2.28. The largest absolute Gasteiger partial charge is 0.462 e. The van der Waals surface area contributed by atoms with E-state index in [4.69, 9.17) is 4.74 Å². The van der Waals surface area contributed by atoms with Crippen molar-refractivity contribution in [1.82, 2.24) is 4.98 Å². The van der Waals surface area contributed by atoms with Gasteiger partial charge in [0, 0.05) is 6.42 Å². The monoisotopic (exact) mass is 332 g/mol. The number of hydrogen-bond acceptors (Lipinski definition) is 5. The van der Waals surface area contributed by atoms with E-state index in [1.54, 1.807) is 18.7 Å². The van der Waals surface area contributed by atoms with E-state index in [9.17, 15) is 9.59 Å². The first-order valence-corrected chi connectivity index (χ1v) is 8.37. The van der Waals surface area contributed by atoms with Gasteiger partial charge in [-0.05, 0) is 19.4 Å². The van der Waals surface area contributed by atoms with Gasteiger partial charge < -0.3 is 4.74 Å². The molecule has 0 aliphatic heterocycles. The van der Waals surface area contributed by atoms with Gasteiger partial charge in [-0.25, -0.2) is 9.78 Å². The smallest absolute Gasteiger partial charge is 0.350 e. The van der Waals surface area contributed by atoms with E-state index in [-0.39, 0.29) is 5.91 Å². The number of anilines is 1. The predicted molar refractivity (Wildman–Crippen MR) is 90.7 cm³/mol. The number of amides is 1. The summed E-state index contributed by atoms with van der Waals surface area (Å²) in [7, 11) is 0. The summed E-state index contributed by atoms with van der Waals surface area (Å²) >= 11 is 1.20. The molecule has 6 heteroatoms. The van der Waals surface area contributed by atoms with Crippen LogP contribution in [0.25, 0.3) is 0 Å². The van der Waals surface area contributed by atoms with Crippen LogP contribution in [0, 0.1) is 6.92 Å². The number of rotatable bonds is 6. The molecule has 0 saturated heterocycles. The van der Waals surface area contributed by atoms with Crippen molar-refractivity contribution in [2.45, 2.75) is 33.7 Å². The van der Waals surface area contributed by atoms with E-state index in [0.29, 0.717) is 35.3 Å². The number of esters is 1. The summed E-state index contributed by atoms with van der Waals surface area (Å²) in [5.74, 6) is -0.421. The van der Waals surface area contributed by atoms with Crippen LogP contribution in [0.5, 0.6) is 0 Å². The van der Waals surface area contributed by atoms with Gasteiger partial charge in [0.05, 0.1) is 18.8 Å². The van der Waals surface area contributed by atoms with Gasteiger partial charge in [0.1, 0.15) is 4.88 Å². The van der Waals surface area contributed by atoms with Crippen molar-refractivity contribution in [3.05, 3.63) is 46.5 Å². The van der Waals surface area contributed by atoms with Crippen LogP contribution in [-0.2, 0) is 16.1 Å². The number of carbonyl (C=O) groups is 2. The van der Waals surface area contributed by atoms with Gasteiger partial charge in [-0.1, -0.05) is 48.6 Å². The highest BCUT2D eigenvalue weighted by Gasteiger charge is 2.23. The molecule has 122 valence electrons. The molecule has 1 aromatic heterocycles. The van der Waals surface area contributed by atoms with E-state index < -0.39 is 5.97 Å². The van der Waals surface area contributed by atoms with Crippen molar-refractivity contribution in [1.29, 1.82) is 0 Å². The Balaban J connectivity index is 2.31. The molecule has 0 fully saturated rings. The fourth-order valence-electron chi connectivity index (χ4n) is 2.10. The SMILES string of the molecule is CCOC(=O)c1sc(N(Cc2ccccc2)C(=O)CC)nc1C. The Morgan fingerprint density at radius 3 is 2.52 bits per heavy atom. The van der Waals surface area contributed by atoms with Gasteiger partial charge in [0.2, 0.25) is 5.91 Å². The van der Waals surface area contributed by atoms with E-state index >= 15 is 0 Å². The van der Waals surface area contributed by atoms with Crippen molar-refractivity contribution in [2.75, 3.05) is 11.5 Å². The van der Waals surface area contributed by atoms with Gasteiger partial charge in [0.25, 0.3) is 0 Å². The summed E-state index contributed by atoms with van der Waals surface area (Å²) < 4.78 is 5.03. The van der Waals surface area contributed by atoms with E-state index in [2.05, 4.69) is 4.98 Å². The fourth-order valence-corrected chi connectivity index (χ4v) is 3.08. The summed E-state index contributed by atoms with van der Waals surface area (Å²) in [6.07, 6.45) is 0.375. The first-order valence-electron chi connectivity index (χ1n) is 7.55. The normalized spacial score (nSPS) is 10.4. The van der Waals surface area contributed by atoms with E-state index in [1.165, 1.54) is 11.3 Å². The van der Waals surface area contributed by atoms with Crippen LogP contribution < -0.4 is 4.90 Å². The topological polar surface area (TPSA) is 59.5 Å². The van der Waals surface area contributed by atoms with Crippen molar-refractivity contribution >= 4 is 28.3 Å². The predicted octanol–water partition coefficient (Wildman–Crippen LogP) is 3.57. The minimum Gasteiger partial charge on any atom is -0.462 e. The maximum atomic E-state index is 12.3. The van der Waals surface area contributed by atoms with Gasteiger partial charge in [-0.3, -0.25) is 9.69 Å². The highest BCUT2D eigenvalue weighted by atomic mass is 32.1. The van der Waals surface area contributed by atoms with E-state index in [0.717, 1.165) is 5.56 Å². The number of thiazole rings is 1. The van der Waals surface area contributed by atoms with Gasteiger partial charge in [-0.15, -0.1) is 0 Å². The molecular weight excluding hydrogens is 312 g/mol. The highest BCUT2D eigenvalue weighted by molar-refractivity contribution is 7.17. The fraction of sp³-hybridized carbons (Fsp3) is 0.353. The zero-order chi connectivity index (χ0) is 16.8. The van der Waals surface area contributed by atoms with Crippen molar-refractivity contribution < 1.29 is 14.3 Å². The third kappa shape index (κ3) is 4.16. The maximum Gasteiger partial charge on any atom is 0.350 e. The number of hydrogen-bond donors (Lipinski definition) is 0. The summed E-state index contributed by atoms with van der Waals surface area (Å²) in [6.45, 7) is 6.07.